The SMILES string of the molecule is C=Cc1nc(CN2CC(C)C(c3nn4c(C5CCOCC5)ncc4c(=O)[nH]3)C2)ccc1/C=C\C. The van der Waals surface area contributed by atoms with E-state index >= 15 is 0 Å². The molecule has 2 aliphatic heterocycles. The second-order valence-corrected chi connectivity index (χ2v) is 9.40. The lowest BCUT2D eigenvalue weighted by molar-refractivity contribution is 0.0832. The van der Waals surface area contributed by atoms with E-state index in [2.05, 4.69) is 40.5 Å². The van der Waals surface area contributed by atoms with Crippen LogP contribution in [-0.4, -0.2) is 55.8 Å². The molecule has 0 aliphatic carbocycles. The third-order valence-electron chi connectivity index (χ3n) is 7.01. The molecule has 2 fully saturated rings. The Bertz CT molecular complexity index is 1270. The third kappa shape index (κ3) is 4.35. The van der Waals surface area contributed by atoms with Crippen molar-refractivity contribution < 1.29 is 4.74 Å². The van der Waals surface area contributed by atoms with Gasteiger partial charge in [-0.25, -0.2) is 9.50 Å². The summed E-state index contributed by atoms with van der Waals surface area (Å²) in [6, 6.07) is 4.18. The molecule has 0 saturated carbocycles. The maximum atomic E-state index is 12.9. The number of pyridine rings is 1. The molecule has 3 aromatic heterocycles. The first-order valence-corrected chi connectivity index (χ1v) is 12.1. The number of rotatable bonds is 6. The van der Waals surface area contributed by atoms with Crippen LogP contribution in [0.25, 0.3) is 17.7 Å². The average molecular weight is 461 g/mol. The lowest BCUT2D eigenvalue weighted by Gasteiger charge is -2.21. The zero-order valence-corrected chi connectivity index (χ0v) is 19.9. The van der Waals surface area contributed by atoms with E-state index in [1.807, 2.05) is 19.1 Å². The maximum absolute atomic E-state index is 12.9. The van der Waals surface area contributed by atoms with Crippen molar-refractivity contribution in [3.8, 4) is 0 Å². The van der Waals surface area contributed by atoms with Gasteiger partial charge in [-0.05, 0) is 43.4 Å². The summed E-state index contributed by atoms with van der Waals surface area (Å²) in [5.41, 5.74) is 3.37. The average Bonchev–Trinajstić information content (AvgIpc) is 3.44. The van der Waals surface area contributed by atoms with Crippen LogP contribution < -0.4 is 5.56 Å². The smallest absolute Gasteiger partial charge is 0.276 e. The normalized spacial score (nSPS) is 22.2. The minimum atomic E-state index is -0.127. The quantitative estimate of drug-likeness (QED) is 0.605. The second-order valence-electron chi connectivity index (χ2n) is 9.40. The molecule has 178 valence electrons. The molecule has 8 nitrogen and oxygen atoms in total. The van der Waals surface area contributed by atoms with Gasteiger partial charge in [-0.3, -0.25) is 14.7 Å². The van der Waals surface area contributed by atoms with E-state index < -0.39 is 0 Å². The summed E-state index contributed by atoms with van der Waals surface area (Å²) in [5, 5.41) is 4.90. The van der Waals surface area contributed by atoms with Crippen LogP contribution in [0.2, 0.25) is 0 Å². The molecule has 0 bridgehead atoms. The Hall–Kier alpha value is -3.10. The lowest BCUT2D eigenvalue weighted by Crippen LogP contribution is -2.24. The van der Waals surface area contributed by atoms with E-state index in [9.17, 15) is 4.79 Å². The van der Waals surface area contributed by atoms with Gasteiger partial charge in [0.25, 0.3) is 5.56 Å². The van der Waals surface area contributed by atoms with E-state index in [1.165, 1.54) is 0 Å². The summed E-state index contributed by atoms with van der Waals surface area (Å²) in [6.07, 6.45) is 9.32. The van der Waals surface area contributed by atoms with Crippen LogP contribution in [0, 0.1) is 5.92 Å². The summed E-state index contributed by atoms with van der Waals surface area (Å²) in [5.74, 6) is 2.38. The zero-order valence-electron chi connectivity index (χ0n) is 19.9. The molecule has 2 atom stereocenters. The molecule has 0 radical (unpaired) electrons. The number of nitrogens with one attached hydrogen (secondary N) is 1. The number of aromatic nitrogens is 5. The predicted octanol–water partition coefficient (Wildman–Crippen LogP) is 3.62. The van der Waals surface area contributed by atoms with Crippen LogP contribution in [0.15, 0.2) is 35.8 Å². The molecule has 2 aliphatic rings. The second kappa shape index (κ2) is 9.64. The molecule has 1 N–H and O–H groups in total. The number of allylic oxidation sites excluding steroid dienone is 1. The standard InChI is InChI=1S/C26H32N6O2/c1-4-6-18-7-8-20(28-22(18)5-2)15-31-14-17(3)21(16-31)24-29-26(33)23-13-27-25(32(23)30-24)19-9-11-34-12-10-19/h4-8,13,17,19,21H,2,9-12,14-16H2,1,3H3,(H,29,30,33)/b6-4-. The highest BCUT2D eigenvalue weighted by Crippen LogP contribution is 2.32. The highest BCUT2D eigenvalue weighted by atomic mass is 16.5. The van der Waals surface area contributed by atoms with Crippen LogP contribution in [0.5, 0.6) is 0 Å². The van der Waals surface area contributed by atoms with Crippen molar-refractivity contribution >= 4 is 17.7 Å². The maximum Gasteiger partial charge on any atom is 0.276 e. The van der Waals surface area contributed by atoms with Gasteiger partial charge in [0.1, 0.15) is 11.6 Å². The highest BCUT2D eigenvalue weighted by molar-refractivity contribution is 5.61. The molecule has 2 unspecified atom stereocenters. The third-order valence-corrected chi connectivity index (χ3v) is 7.01. The van der Waals surface area contributed by atoms with Crippen LogP contribution in [0.4, 0.5) is 0 Å². The Morgan fingerprint density at radius 1 is 1.26 bits per heavy atom. The highest BCUT2D eigenvalue weighted by Gasteiger charge is 2.33. The molecule has 3 aromatic rings. The zero-order chi connectivity index (χ0) is 23.7. The molecule has 5 rings (SSSR count). The molecule has 34 heavy (non-hydrogen) atoms. The number of fused-ring (bicyclic) bond motifs is 1. The van der Waals surface area contributed by atoms with Crippen LogP contribution in [-0.2, 0) is 11.3 Å². The first-order valence-electron chi connectivity index (χ1n) is 12.1. The van der Waals surface area contributed by atoms with Gasteiger partial charge in [-0.15, -0.1) is 0 Å². The number of H-pyrrole nitrogens is 1. The number of nitrogens with zero attached hydrogens (tertiary/aromatic N) is 5. The number of hydrogen-bond acceptors (Lipinski definition) is 6. The fourth-order valence-electron chi connectivity index (χ4n) is 5.22. The van der Waals surface area contributed by atoms with E-state index in [0.717, 1.165) is 74.3 Å². The summed E-state index contributed by atoms with van der Waals surface area (Å²) < 4.78 is 7.28. The minimum Gasteiger partial charge on any atom is -0.381 e. The van der Waals surface area contributed by atoms with Crippen molar-refractivity contribution in [2.75, 3.05) is 26.3 Å². The van der Waals surface area contributed by atoms with Crippen molar-refractivity contribution in [2.45, 2.75) is 45.1 Å². The largest absolute Gasteiger partial charge is 0.381 e. The Morgan fingerprint density at radius 3 is 2.85 bits per heavy atom. The monoisotopic (exact) mass is 460 g/mol. The van der Waals surface area contributed by atoms with Gasteiger partial charge in [0, 0.05) is 44.7 Å². The molecule has 0 amide bonds. The van der Waals surface area contributed by atoms with Gasteiger partial charge in [0.15, 0.2) is 5.52 Å². The Kier molecular flexibility index (Phi) is 6.43. The van der Waals surface area contributed by atoms with Gasteiger partial charge < -0.3 is 9.72 Å². The Morgan fingerprint density at radius 2 is 2.09 bits per heavy atom. The van der Waals surface area contributed by atoms with Crippen molar-refractivity contribution in [1.29, 1.82) is 0 Å². The molecule has 0 spiro atoms. The number of hydrogen-bond donors (Lipinski definition) is 1. The van der Waals surface area contributed by atoms with Gasteiger partial charge in [0.2, 0.25) is 0 Å². The van der Waals surface area contributed by atoms with Gasteiger partial charge in [-0.1, -0.05) is 31.7 Å². The van der Waals surface area contributed by atoms with E-state index in [1.54, 1.807) is 16.8 Å². The van der Waals surface area contributed by atoms with E-state index in [4.69, 9.17) is 14.8 Å². The molecule has 5 heterocycles. The summed E-state index contributed by atoms with van der Waals surface area (Å²) in [4.78, 5) is 27.7. The first kappa shape index (κ1) is 22.7. The Balaban J connectivity index is 1.38. The summed E-state index contributed by atoms with van der Waals surface area (Å²) in [6.45, 7) is 12.1. The van der Waals surface area contributed by atoms with E-state index in [0.29, 0.717) is 11.4 Å². The number of ether oxygens (including phenoxy) is 1. The predicted molar refractivity (Wildman–Crippen MR) is 133 cm³/mol. The Labute approximate surface area is 199 Å². The topological polar surface area (TPSA) is 88.4 Å². The minimum absolute atomic E-state index is 0.127. The van der Waals surface area contributed by atoms with Crippen molar-refractivity contribution in [2.24, 2.45) is 5.92 Å². The molecular formula is C26H32N6O2. The lowest BCUT2D eigenvalue weighted by atomic mass is 9.97. The molecule has 2 saturated heterocycles. The summed E-state index contributed by atoms with van der Waals surface area (Å²) >= 11 is 0. The van der Waals surface area contributed by atoms with Crippen molar-refractivity contribution in [3.05, 3.63) is 69.9 Å². The van der Waals surface area contributed by atoms with Crippen molar-refractivity contribution in [3.63, 3.8) is 0 Å². The van der Waals surface area contributed by atoms with Crippen molar-refractivity contribution in [1.82, 2.24) is 29.5 Å². The molecule has 0 aromatic carbocycles. The molecular weight excluding hydrogens is 428 g/mol. The van der Waals surface area contributed by atoms with Gasteiger partial charge >= 0.3 is 0 Å². The number of likely N-dealkylation sites (tertiary alicyclic amines) is 1. The van der Waals surface area contributed by atoms with E-state index in [-0.39, 0.29) is 17.4 Å². The van der Waals surface area contributed by atoms with Crippen LogP contribution in [0.3, 0.4) is 0 Å². The van der Waals surface area contributed by atoms with Crippen LogP contribution >= 0.6 is 0 Å². The summed E-state index contributed by atoms with van der Waals surface area (Å²) in [7, 11) is 0. The fourth-order valence-corrected chi connectivity index (χ4v) is 5.22. The first-order chi connectivity index (χ1) is 16.6. The van der Waals surface area contributed by atoms with Crippen LogP contribution in [0.1, 0.15) is 67.1 Å². The number of aromatic amines is 1. The van der Waals surface area contributed by atoms with Gasteiger partial charge in [-0.2, -0.15) is 5.10 Å². The fraction of sp³-hybridized carbons (Fsp3) is 0.462. The number of imidazole rings is 1. The van der Waals surface area contributed by atoms with Gasteiger partial charge in [0.05, 0.1) is 17.6 Å². The molecule has 8 heteroatoms.